The molecule has 0 saturated carbocycles. The van der Waals surface area contributed by atoms with E-state index in [4.69, 9.17) is 4.74 Å². The van der Waals surface area contributed by atoms with Gasteiger partial charge in [-0.05, 0) is 29.8 Å². The van der Waals surface area contributed by atoms with Crippen LogP contribution in [-0.2, 0) is 11.3 Å². The molecular weight excluding hydrogens is 364 g/mol. The average molecular weight is 395 g/mol. The number of methoxy groups -OCH3 is 1. The Morgan fingerprint density at radius 2 is 1.69 bits per heavy atom. The topological polar surface area (TPSA) is 50.8 Å². The van der Waals surface area contributed by atoms with Gasteiger partial charge in [0.15, 0.2) is 6.54 Å². The van der Waals surface area contributed by atoms with Gasteiger partial charge in [-0.1, -0.05) is 30.3 Å². The number of carbonyl (C=O) groups excluding carboxylic acids is 1. The summed E-state index contributed by atoms with van der Waals surface area (Å²) in [5.41, 5.74) is 3.47. The Bertz CT molecular complexity index is 843. The van der Waals surface area contributed by atoms with Crippen LogP contribution < -0.4 is 14.5 Å². The van der Waals surface area contributed by atoms with E-state index in [0.29, 0.717) is 13.1 Å². The second-order valence-corrected chi connectivity index (χ2v) is 7.88. The number of hydrazone groups is 1. The highest BCUT2D eigenvalue weighted by atomic mass is 16.5. The van der Waals surface area contributed by atoms with Gasteiger partial charge in [0.1, 0.15) is 38.5 Å². The quantitative estimate of drug-likeness (QED) is 0.702. The lowest BCUT2D eigenvalue weighted by atomic mass is 10.1. The Kier molecular flexibility index (Phi) is 6.22. The first-order chi connectivity index (χ1) is 14.2. The van der Waals surface area contributed by atoms with Crippen LogP contribution >= 0.6 is 0 Å². The van der Waals surface area contributed by atoms with E-state index in [0.717, 1.165) is 56.2 Å². The maximum absolute atomic E-state index is 12.7. The number of benzene rings is 2. The number of quaternary nitrogens is 2. The molecular formula is C23H30N4O2+2. The second kappa shape index (κ2) is 9.20. The molecule has 0 unspecified atom stereocenters. The van der Waals surface area contributed by atoms with Crippen molar-refractivity contribution in [1.82, 2.24) is 5.01 Å². The van der Waals surface area contributed by atoms with Gasteiger partial charge in [0.2, 0.25) is 0 Å². The third-order valence-corrected chi connectivity index (χ3v) is 5.88. The van der Waals surface area contributed by atoms with E-state index < -0.39 is 0 Å². The zero-order chi connectivity index (χ0) is 20.1. The maximum Gasteiger partial charge on any atom is 0.297 e. The molecule has 1 amide bonds. The van der Waals surface area contributed by atoms with Crippen molar-refractivity contribution >= 4 is 11.6 Å². The first kappa shape index (κ1) is 19.6. The van der Waals surface area contributed by atoms with Gasteiger partial charge < -0.3 is 14.5 Å². The molecule has 2 N–H and O–H groups in total. The fraction of sp³-hybridized carbons (Fsp3) is 0.391. The smallest absolute Gasteiger partial charge is 0.297 e. The van der Waals surface area contributed by atoms with Crippen molar-refractivity contribution < 1.29 is 19.3 Å². The molecule has 0 bridgehead atoms. The molecule has 0 aromatic heterocycles. The minimum absolute atomic E-state index is 0.143. The molecule has 2 aliphatic rings. The normalized spacial score (nSPS) is 21.7. The minimum atomic E-state index is 0.143. The highest BCUT2D eigenvalue weighted by Gasteiger charge is 2.29. The van der Waals surface area contributed by atoms with E-state index >= 15 is 0 Å². The van der Waals surface area contributed by atoms with Crippen LogP contribution in [0.15, 0.2) is 59.7 Å². The molecule has 2 heterocycles. The Morgan fingerprint density at radius 1 is 1.00 bits per heavy atom. The molecule has 0 spiro atoms. The number of ether oxygens (including phenoxy) is 1. The highest BCUT2D eigenvalue weighted by Crippen LogP contribution is 2.13. The third-order valence-electron chi connectivity index (χ3n) is 5.88. The fourth-order valence-electron chi connectivity index (χ4n) is 4.12. The molecule has 1 fully saturated rings. The zero-order valence-electron chi connectivity index (χ0n) is 17.1. The molecule has 6 nitrogen and oxygen atoms in total. The lowest BCUT2D eigenvalue weighted by Crippen LogP contribution is -3.28. The van der Waals surface area contributed by atoms with Crippen LogP contribution in [0.5, 0.6) is 5.75 Å². The summed E-state index contributed by atoms with van der Waals surface area (Å²) in [5, 5.41) is 6.25. The van der Waals surface area contributed by atoms with Crippen LogP contribution in [-0.4, -0.2) is 63.0 Å². The van der Waals surface area contributed by atoms with Gasteiger partial charge >= 0.3 is 0 Å². The van der Waals surface area contributed by atoms with E-state index in [1.165, 1.54) is 10.5 Å². The summed E-state index contributed by atoms with van der Waals surface area (Å²) < 4.78 is 5.23. The van der Waals surface area contributed by atoms with Gasteiger partial charge in [-0.25, -0.2) is 5.01 Å². The average Bonchev–Trinajstić information content (AvgIpc) is 3.27. The second-order valence-electron chi connectivity index (χ2n) is 7.88. The van der Waals surface area contributed by atoms with Gasteiger partial charge in [-0.2, -0.15) is 5.10 Å². The summed E-state index contributed by atoms with van der Waals surface area (Å²) in [5.74, 6) is 1.04. The fourth-order valence-corrected chi connectivity index (χ4v) is 4.12. The lowest BCUT2D eigenvalue weighted by molar-refractivity contribution is -1.02. The summed E-state index contributed by atoms with van der Waals surface area (Å²) in [4.78, 5) is 15.7. The van der Waals surface area contributed by atoms with Crippen molar-refractivity contribution in [2.45, 2.75) is 13.0 Å². The van der Waals surface area contributed by atoms with Crippen molar-refractivity contribution in [2.75, 3.05) is 46.4 Å². The van der Waals surface area contributed by atoms with E-state index in [2.05, 4.69) is 29.4 Å². The number of hydrogen-bond donors (Lipinski definition) is 2. The van der Waals surface area contributed by atoms with Crippen LogP contribution in [0.25, 0.3) is 0 Å². The van der Waals surface area contributed by atoms with Crippen molar-refractivity contribution in [3.05, 3.63) is 65.7 Å². The van der Waals surface area contributed by atoms with Crippen molar-refractivity contribution in [3.63, 3.8) is 0 Å². The van der Waals surface area contributed by atoms with Crippen LogP contribution in [0.4, 0.5) is 0 Å². The molecule has 6 heteroatoms. The Balaban J connectivity index is 1.24. The number of nitrogens with zero attached hydrogens (tertiary/aromatic N) is 2. The first-order valence-electron chi connectivity index (χ1n) is 10.4. The van der Waals surface area contributed by atoms with E-state index in [9.17, 15) is 4.79 Å². The Morgan fingerprint density at radius 3 is 2.38 bits per heavy atom. The van der Waals surface area contributed by atoms with Gasteiger partial charge in [0.05, 0.1) is 19.4 Å². The van der Waals surface area contributed by atoms with Crippen LogP contribution in [0.1, 0.15) is 17.5 Å². The molecule has 1 saturated heterocycles. The predicted octanol–water partition coefficient (Wildman–Crippen LogP) is -0.385. The maximum atomic E-state index is 12.7. The summed E-state index contributed by atoms with van der Waals surface area (Å²) in [7, 11) is 1.69. The van der Waals surface area contributed by atoms with E-state index in [1.54, 1.807) is 17.0 Å². The Labute approximate surface area is 172 Å². The van der Waals surface area contributed by atoms with Gasteiger partial charge in [0.25, 0.3) is 5.91 Å². The number of piperazine rings is 1. The summed E-state index contributed by atoms with van der Waals surface area (Å²) in [6, 6.07) is 18.5. The molecule has 2 aromatic rings. The lowest BCUT2D eigenvalue weighted by Gasteiger charge is -2.29. The standard InChI is InChI=1S/C23H28N4O2/c1-29-21-9-7-19(8-10-21)17-25-13-15-26(16-14-25)18-23(28)27-12-11-22(24-27)20-5-3-2-4-6-20/h2-10H,11-18H2,1H3/p+2. The van der Waals surface area contributed by atoms with E-state index in [-0.39, 0.29) is 5.91 Å². The summed E-state index contributed by atoms with van der Waals surface area (Å²) in [6.07, 6.45) is 0.838. The van der Waals surface area contributed by atoms with Crippen LogP contribution in [0.3, 0.4) is 0 Å². The molecule has 152 valence electrons. The third kappa shape index (κ3) is 5.02. The predicted molar refractivity (Wildman–Crippen MR) is 112 cm³/mol. The Hall–Kier alpha value is -2.70. The largest absolute Gasteiger partial charge is 0.497 e. The number of nitrogens with one attached hydrogen (secondary N) is 2. The highest BCUT2D eigenvalue weighted by molar-refractivity contribution is 6.02. The number of hydrogen-bond acceptors (Lipinski definition) is 3. The number of rotatable bonds is 6. The van der Waals surface area contributed by atoms with Crippen LogP contribution in [0, 0.1) is 0 Å². The molecule has 0 atom stereocenters. The number of amides is 1. The van der Waals surface area contributed by atoms with Crippen molar-refractivity contribution in [3.8, 4) is 5.75 Å². The number of carbonyl (C=O) groups is 1. The van der Waals surface area contributed by atoms with Gasteiger partial charge in [-0.3, -0.25) is 4.79 Å². The summed E-state index contributed by atoms with van der Waals surface area (Å²) >= 11 is 0. The van der Waals surface area contributed by atoms with Crippen molar-refractivity contribution in [2.24, 2.45) is 5.10 Å². The minimum Gasteiger partial charge on any atom is -0.497 e. The summed E-state index contributed by atoms with van der Waals surface area (Å²) in [6.45, 7) is 6.51. The molecule has 2 aliphatic heterocycles. The molecule has 29 heavy (non-hydrogen) atoms. The SMILES string of the molecule is COc1ccc(C[NH+]2CC[NH+](CC(=O)N3CCC(c4ccccc4)=N3)CC2)cc1. The first-order valence-corrected chi connectivity index (χ1v) is 10.4. The molecule has 4 rings (SSSR count). The molecule has 0 aliphatic carbocycles. The van der Waals surface area contributed by atoms with Crippen LogP contribution in [0.2, 0.25) is 0 Å². The van der Waals surface area contributed by atoms with Gasteiger partial charge in [0, 0.05) is 12.0 Å². The monoisotopic (exact) mass is 394 g/mol. The molecule has 0 radical (unpaired) electrons. The zero-order valence-corrected chi connectivity index (χ0v) is 17.1. The molecule has 2 aromatic carbocycles. The van der Waals surface area contributed by atoms with Gasteiger partial charge in [-0.15, -0.1) is 0 Å². The van der Waals surface area contributed by atoms with Crippen molar-refractivity contribution in [1.29, 1.82) is 0 Å². The van der Waals surface area contributed by atoms with E-state index in [1.807, 2.05) is 30.3 Å².